The third kappa shape index (κ3) is 3.82. The molecule has 0 aliphatic carbocycles. The van der Waals surface area contributed by atoms with E-state index in [0.29, 0.717) is 13.0 Å². The van der Waals surface area contributed by atoms with Crippen molar-refractivity contribution in [1.29, 1.82) is 0 Å². The molecule has 0 aliphatic rings. The van der Waals surface area contributed by atoms with Gasteiger partial charge in [0, 0.05) is 4.47 Å². The molecule has 4 heteroatoms. The number of benzene rings is 1. The van der Waals surface area contributed by atoms with Crippen molar-refractivity contribution < 1.29 is 9.53 Å². The molecule has 0 amide bonds. The van der Waals surface area contributed by atoms with E-state index < -0.39 is 5.54 Å². The van der Waals surface area contributed by atoms with Gasteiger partial charge in [0.05, 0.1) is 18.6 Å². The molecule has 2 N–H and O–H groups in total. The van der Waals surface area contributed by atoms with Crippen LogP contribution < -0.4 is 5.73 Å². The Bertz CT molecular complexity index is 395. The highest BCUT2D eigenvalue weighted by atomic mass is 79.9. The number of rotatable bonds is 5. The first-order valence-electron chi connectivity index (χ1n) is 5.72. The monoisotopic (exact) mass is 299 g/mol. The summed E-state index contributed by atoms with van der Waals surface area (Å²) in [7, 11) is 0. The standard InChI is InChI=1S/C13H18BrNO2/c1-3-13(15,9-12(16)17-4-2)10-6-5-7-11(14)8-10/h5-8H,3-4,9,15H2,1-2H3. The van der Waals surface area contributed by atoms with E-state index in [0.717, 1.165) is 10.0 Å². The second-order valence-electron chi connectivity index (χ2n) is 4.00. The summed E-state index contributed by atoms with van der Waals surface area (Å²) in [6.07, 6.45) is 0.885. The lowest BCUT2D eigenvalue weighted by atomic mass is 9.85. The molecule has 1 aromatic rings. The fraction of sp³-hybridized carbons (Fsp3) is 0.462. The van der Waals surface area contributed by atoms with Crippen molar-refractivity contribution in [3.63, 3.8) is 0 Å². The van der Waals surface area contributed by atoms with Crippen LogP contribution in [0.4, 0.5) is 0 Å². The molecule has 0 bridgehead atoms. The predicted octanol–water partition coefficient (Wildman–Crippen LogP) is 2.97. The molecule has 1 aromatic carbocycles. The lowest BCUT2D eigenvalue weighted by molar-refractivity contribution is -0.144. The summed E-state index contributed by atoms with van der Waals surface area (Å²) in [6, 6.07) is 7.74. The van der Waals surface area contributed by atoms with Crippen molar-refractivity contribution in [3.05, 3.63) is 34.3 Å². The second kappa shape index (κ2) is 6.17. The van der Waals surface area contributed by atoms with Crippen molar-refractivity contribution in [2.75, 3.05) is 6.61 Å². The quantitative estimate of drug-likeness (QED) is 0.851. The highest BCUT2D eigenvalue weighted by Crippen LogP contribution is 2.28. The Morgan fingerprint density at radius 1 is 1.47 bits per heavy atom. The maximum atomic E-state index is 11.6. The molecule has 0 saturated heterocycles. The molecule has 0 heterocycles. The van der Waals surface area contributed by atoms with E-state index in [1.807, 2.05) is 31.2 Å². The lowest BCUT2D eigenvalue weighted by Crippen LogP contribution is -2.38. The maximum Gasteiger partial charge on any atom is 0.307 e. The predicted molar refractivity (Wildman–Crippen MR) is 71.5 cm³/mol. The first-order chi connectivity index (χ1) is 8.01. The summed E-state index contributed by atoms with van der Waals surface area (Å²) in [5, 5.41) is 0. The van der Waals surface area contributed by atoms with Gasteiger partial charge in [0.15, 0.2) is 0 Å². The van der Waals surface area contributed by atoms with Crippen LogP contribution >= 0.6 is 15.9 Å². The van der Waals surface area contributed by atoms with Gasteiger partial charge in [-0.2, -0.15) is 0 Å². The van der Waals surface area contributed by atoms with Crippen molar-refractivity contribution >= 4 is 21.9 Å². The van der Waals surface area contributed by atoms with E-state index in [-0.39, 0.29) is 12.4 Å². The second-order valence-corrected chi connectivity index (χ2v) is 4.92. The van der Waals surface area contributed by atoms with Crippen LogP contribution in [0.5, 0.6) is 0 Å². The van der Waals surface area contributed by atoms with Crippen LogP contribution in [0.15, 0.2) is 28.7 Å². The van der Waals surface area contributed by atoms with Gasteiger partial charge in [0.2, 0.25) is 0 Å². The molecule has 1 atom stereocenters. The van der Waals surface area contributed by atoms with Crippen molar-refractivity contribution in [2.45, 2.75) is 32.2 Å². The number of ether oxygens (including phenoxy) is 1. The smallest absolute Gasteiger partial charge is 0.307 e. The topological polar surface area (TPSA) is 52.3 Å². The van der Waals surface area contributed by atoms with Gasteiger partial charge in [-0.05, 0) is 31.0 Å². The molecule has 0 saturated carbocycles. The number of carbonyl (C=O) groups excluding carboxylic acids is 1. The Morgan fingerprint density at radius 2 is 2.18 bits per heavy atom. The average Bonchev–Trinajstić information content (AvgIpc) is 2.29. The molecule has 3 nitrogen and oxygen atoms in total. The largest absolute Gasteiger partial charge is 0.466 e. The third-order valence-corrected chi connectivity index (χ3v) is 3.29. The van der Waals surface area contributed by atoms with Gasteiger partial charge < -0.3 is 10.5 Å². The summed E-state index contributed by atoms with van der Waals surface area (Å²) in [4.78, 5) is 11.6. The van der Waals surface area contributed by atoms with Crippen molar-refractivity contribution in [3.8, 4) is 0 Å². The number of halogens is 1. The number of carbonyl (C=O) groups is 1. The van der Waals surface area contributed by atoms with Crippen LogP contribution in [-0.2, 0) is 15.1 Å². The fourth-order valence-electron chi connectivity index (χ4n) is 1.70. The van der Waals surface area contributed by atoms with Crippen LogP contribution in [0, 0.1) is 0 Å². The molecule has 94 valence electrons. The van der Waals surface area contributed by atoms with Gasteiger partial charge in [-0.3, -0.25) is 4.79 Å². The van der Waals surface area contributed by atoms with Crippen LogP contribution in [0.1, 0.15) is 32.3 Å². The molecular weight excluding hydrogens is 282 g/mol. The minimum atomic E-state index is -0.657. The lowest BCUT2D eigenvalue weighted by Gasteiger charge is -2.27. The van der Waals surface area contributed by atoms with Gasteiger partial charge in [-0.25, -0.2) is 0 Å². The SMILES string of the molecule is CCOC(=O)CC(N)(CC)c1cccc(Br)c1. The third-order valence-electron chi connectivity index (χ3n) is 2.80. The Hall–Kier alpha value is -0.870. The number of esters is 1. The molecule has 0 spiro atoms. The molecule has 0 aliphatic heterocycles. The molecular formula is C13H18BrNO2. The van der Waals surface area contributed by atoms with E-state index >= 15 is 0 Å². The summed E-state index contributed by atoms with van der Waals surface area (Å²) < 4.78 is 5.92. The number of nitrogens with two attached hydrogens (primary N) is 1. The van der Waals surface area contributed by atoms with Gasteiger partial charge >= 0.3 is 5.97 Å². The molecule has 0 aromatic heterocycles. The van der Waals surface area contributed by atoms with E-state index in [9.17, 15) is 4.79 Å². The number of hydrogen-bond acceptors (Lipinski definition) is 3. The molecule has 0 fully saturated rings. The first kappa shape index (κ1) is 14.2. The molecule has 0 radical (unpaired) electrons. The summed E-state index contributed by atoms with van der Waals surface area (Å²) in [6.45, 7) is 4.15. The summed E-state index contributed by atoms with van der Waals surface area (Å²) in [5.41, 5.74) is 6.59. The highest BCUT2D eigenvalue weighted by molar-refractivity contribution is 9.10. The zero-order chi connectivity index (χ0) is 12.9. The van der Waals surface area contributed by atoms with Crippen molar-refractivity contribution in [2.24, 2.45) is 5.73 Å². The van der Waals surface area contributed by atoms with E-state index in [2.05, 4.69) is 15.9 Å². The molecule has 17 heavy (non-hydrogen) atoms. The Labute approximate surface area is 110 Å². The zero-order valence-corrected chi connectivity index (χ0v) is 11.8. The molecule has 1 unspecified atom stereocenters. The molecule has 1 rings (SSSR count). The van der Waals surface area contributed by atoms with E-state index in [1.165, 1.54) is 0 Å². The minimum Gasteiger partial charge on any atom is -0.466 e. The normalized spacial score (nSPS) is 14.1. The van der Waals surface area contributed by atoms with Crippen molar-refractivity contribution in [1.82, 2.24) is 0 Å². The first-order valence-corrected chi connectivity index (χ1v) is 6.51. The van der Waals surface area contributed by atoms with Gasteiger partial charge in [0.25, 0.3) is 0 Å². The van der Waals surface area contributed by atoms with E-state index in [4.69, 9.17) is 10.5 Å². The summed E-state index contributed by atoms with van der Waals surface area (Å²) in [5.74, 6) is -0.253. The maximum absolute atomic E-state index is 11.6. The van der Waals surface area contributed by atoms with Gasteiger partial charge in [-0.1, -0.05) is 35.0 Å². The zero-order valence-electron chi connectivity index (χ0n) is 10.2. The average molecular weight is 300 g/mol. The van der Waals surface area contributed by atoms with Crippen LogP contribution in [0.2, 0.25) is 0 Å². The van der Waals surface area contributed by atoms with Crippen LogP contribution in [0.25, 0.3) is 0 Å². The van der Waals surface area contributed by atoms with Gasteiger partial charge in [-0.15, -0.1) is 0 Å². The Kier molecular flexibility index (Phi) is 5.15. The highest BCUT2D eigenvalue weighted by Gasteiger charge is 2.29. The minimum absolute atomic E-state index is 0.202. The number of hydrogen-bond donors (Lipinski definition) is 1. The van der Waals surface area contributed by atoms with Gasteiger partial charge in [0.1, 0.15) is 0 Å². The van der Waals surface area contributed by atoms with E-state index in [1.54, 1.807) is 6.92 Å². The van der Waals surface area contributed by atoms with Crippen LogP contribution in [0.3, 0.4) is 0 Å². The Balaban J connectivity index is 2.91. The summed E-state index contributed by atoms with van der Waals surface area (Å²) >= 11 is 3.41. The fourth-order valence-corrected chi connectivity index (χ4v) is 2.10. The Morgan fingerprint density at radius 3 is 2.71 bits per heavy atom. The van der Waals surface area contributed by atoms with Crippen LogP contribution in [-0.4, -0.2) is 12.6 Å².